The van der Waals surface area contributed by atoms with Crippen molar-refractivity contribution in [2.24, 2.45) is 0 Å². The molecular weight excluding hydrogens is 472 g/mol. The monoisotopic (exact) mass is 500 g/mol. The second-order valence-corrected chi connectivity index (χ2v) is 11.0. The summed E-state index contributed by atoms with van der Waals surface area (Å²) >= 11 is 1.22. The van der Waals surface area contributed by atoms with Crippen LogP contribution in [0.3, 0.4) is 0 Å². The number of sulfonamides is 1. The van der Waals surface area contributed by atoms with Crippen LogP contribution in [0.15, 0.2) is 75.7 Å². The third-order valence-corrected chi connectivity index (χ3v) is 8.90. The Labute approximate surface area is 203 Å². The Hall–Kier alpha value is -2.95. The quantitative estimate of drug-likeness (QED) is 0.313. The molecule has 0 atom stereocenters. The fourth-order valence-corrected chi connectivity index (χ4v) is 6.38. The van der Waals surface area contributed by atoms with E-state index in [1.807, 2.05) is 41.3 Å². The molecule has 0 amide bonds. The van der Waals surface area contributed by atoms with Crippen LogP contribution in [-0.2, 0) is 10.0 Å². The van der Waals surface area contributed by atoms with E-state index in [2.05, 4.69) is 11.7 Å². The lowest BCUT2D eigenvalue weighted by molar-refractivity contribution is 0.299. The number of benzene rings is 1. The van der Waals surface area contributed by atoms with Crippen LogP contribution in [0.1, 0.15) is 19.3 Å². The van der Waals surface area contributed by atoms with E-state index in [-0.39, 0.29) is 11.3 Å². The minimum Gasteiger partial charge on any atom is -0.486 e. The Bertz CT molecular complexity index is 1250. The topological polar surface area (TPSA) is 84.7 Å². The molecule has 1 aliphatic rings. The highest BCUT2D eigenvalue weighted by Crippen LogP contribution is 2.28. The molecule has 1 fully saturated rings. The zero-order valence-corrected chi connectivity index (χ0v) is 20.5. The molecule has 34 heavy (non-hydrogen) atoms. The maximum absolute atomic E-state index is 13.4. The van der Waals surface area contributed by atoms with Gasteiger partial charge in [-0.05, 0) is 42.8 Å². The molecule has 0 N–H and O–H groups in total. The Kier molecular flexibility index (Phi) is 7.81. The van der Waals surface area contributed by atoms with Crippen LogP contribution < -0.4 is 15.2 Å². The van der Waals surface area contributed by atoms with Gasteiger partial charge in [0.15, 0.2) is 0 Å². The number of aromatic nitrogens is 2. The second kappa shape index (κ2) is 11.0. The fraction of sp³-hybridized carbons (Fsp3) is 0.333. The van der Waals surface area contributed by atoms with E-state index < -0.39 is 10.0 Å². The molecule has 10 heteroatoms. The molecule has 1 aromatic carbocycles. The summed E-state index contributed by atoms with van der Waals surface area (Å²) in [7, 11) is -3.50. The molecule has 0 radical (unpaired) electrons. The number of thiophene rings is 1. The van der Waals surface area contributed by atoms with Gasteiger partial charge in [0.05, 0.1) is 18.5 Å². The van der Waals surface area contributed by atoms with E-state index in [1.54, 1.807) is 23.7 Å². The molecule has 180 valence electrons. The lowest BCUT2D eigenvalue weighted by Gasteiger charge is -2.35. The first-order chi connectivity index (χ1) is 16.5. The van der Waals surface area contributed by atoms with Gasteiger partial charge in [-0.2, -0.15) is 14.1 Å². The zero-order valence-electron chi connectivity index (χ0n) is 18.9. The number of nitrogens with zero attached hydrogens (tertiary/aromatic N) is 4. The maximum Gasteiger partial charge on any atom is 0.316 e. The van der Waals surface area contributed by atoms with Gasteiger partial charge >= 0.3 is 5.56 Å². The number of unbranched alkanes of at least 4 members (excludes halogenated alkanes) is 2. The molecule has 1 aliphatic heterocycles. The summed E-state index contributed by atoms with van der Waals surface area (Å²) in [5.74, 6) is 0.243. The summed E-state index contributed by atoms with van der Waals surface area (Å²) in [5, 5.41) is 6.15. The van der Waals surface area contributed by atoms with Crippen molar-refractivity contribution in [3.63, 3.8) is 0 Å². The minimum absolute atomic E-state index is 0.243. The summed E-state index contributed by atoms with van der Waals surface area (Å²) in [6.07, 6.45) is 6.11. The van der Waals surface area contributed by atoms with E-state index in [0.717, 1.165) is 19.3 Å². The summed E-state index contributed by atoms with van der Waals surface area (Å²) in [4.78, 5) is 15.3. The van der Waals surface area contributed by atoms with Gasteiger partial charge in [0.1, 0.15) is 9.90 Å². The number of hydrogen-bond acceptors (Lipinski definition) is 7. The zero-order chi connectivity index (χ0) is 24.0. The van der Waals surface area contributed by atoms with E-state index >= 15 is 0 Å². The molecule has 0 unspecified atom stereocenters. The van der Waals surface area contributed by atoms with Crippen LogP contribution >= 0.6 is 11.3 Å². The average Bonchev–Trinajstić information content (AvgIpc) is 3.41. The van der Waals surface area contributed by atoms with Crippen molar-refractivity contribution >= 4 is 27.0 Å². The first kappa shape index (κ1) is 24.2. The first-order valence-corrected chi connectivity index (χ1v) is 13.5. The third kappa shape index (κ3) is 5.24. The van der Waals surface area contributed by atoms with Gasteiger partial charge in [-0.3, -0.25) is 4.79 Å². The number of hydrogen-bond donors (Lipinski definition) is 0. The highest BCUT2D eigenvalue weighted by Gasteiger charge is 2.31. The number of para-hydroxylation sites is 1. The van der Waals surface area contributed by atoms with E-state index in [1.165, 1.54) is 20.3 Å². The molecular formula is C24H28N4O4S2. The molecule has 4 rings (SSSR count). The standard InChI is InChI=1S/C24H28N4O4S2/c1-2-3-4-8-17-32-23-21(19-25-28(24(23)29)20-10-6-5-7-11-20)26-13-15-27(16-14-26)34(30,31)22-12-9-18-33-22/h2,5-7,9-12,18-19H,1,3-4,8,13-17H2. The van der Waals surface area contributed by atoms with Crippen LogP contribution in [0, 0.1) is 0 Å². The number of ether oxygens (including phenoxy) is 1. The van der Waals surface area contributed by atoms with Crippen molar-refractivity contribution in [3.05, 3.63) is 77.1 Å². The average molecular weight is 501 g/mol. The van der Waals surface area contributed by atoms with Gasteiger partial charge in [-0.1, -0.05) is 30.3 Å². The second-order valence-electron chi connectivity index (χ2n) is 7.87. The van der Waals surface area contributed by atoms with Gasteiger partial charge in [-0.15, -0.1) is 17.9 Å². The molecule has 0 bridgehead atoms. The van der Waals surface area contributed by atoms with Crippen LogP contribution in [0.2, 0.25) is 0 Å². The molecule has 0 saturated carbocycles. The Morgan fingerprint density at radius 2 is 1.82 bits per heavy atom. The van der Waals surface area contributed by atoms with Crippen LogP contribution in [0.25, 0.3) is 5.69 Å². The van der Waals surface area contributed by atoms with Crippen molar-refractivity contribution in [2.75, 3.05) is 37.7 Å². The van der Waals surface area contributed by atoms with Crippen LogP contribution in [-0.4, -0.2) is 55.3 Å². The largest absolute Gasteiger partial charge is 0.486 e. The number of piperazine rings is 1. The maximum atomic E-state index is 13.4. The van der Waals surface area contributed by atoms with Crippen molar-refractivity contribution in [2.45, 2.75) is 23.5 Å². The summed E-state index contributed by atoms with van der Waals surface area (Å²) in [5.41, 5.74) is 0.914. The highest BCUT2D eigenvalue weighted by atomic mass is 32.2. The Morgan fingerprint density at radius 3 is 2.50 bits per heavy atom. The van der Waals surface area contributed by atoms with Crippen LogP contribution in [0.5, 0.6) is 5.75 Å². The van der Waals surface area contributed by atoms with Gasteiger partial charge in [0.2, 0.25) is 5.75 Å². The van der Waals surface area contributed by atoms with Crippen molar-refractivity contribution in [1.82, 2.24) is 14.1 Å². The van der Waals surface area contributed by atoms with Crippen molar-refractivity contribution < 1.29 is 13.2 Å². The summed E-state index contributed by atoms with van der Waals surface area (Å²) < 4.78 is 34.9. The molecule has 3 heterocycles. The minimum atomic E-state index is -3.50. The molecule has 3 aromatic rings. The smallest absolute Gasteiger partial charge is 0.316 e. The predicted molar refractivity (Wildman–Crippen MR) is 135 cm³/mol. The molecule has 1 saturated heterocycles. The van der Waals surface area contributed by atoms with Gasteiger partial charge in [0.25, 0.3) is 10.0 Å². The Morgan fingerprint density at radius 1 is 1.06 bits per heavy atom. The number of anilines is 1. The summed E-state index contributed by atoms with van der Waals surface area (Å²) in [6.45, 7) is 5.66. The molecule has 8 nitrogen and oxygen atoms in total. The van der Waals surface area contributed by atoms with Gasteiger partial charge < -0.3 is 9.64 Å². The number of rotatable bonds is 10. The van der Waals surface area contributed by atoms with E-state index in [4.69, 9.17) is 4.74 Å². The van der Waals surface area contributed by atoms with Crippen LogP contribution in [0.4, 0.5) is 5.69 Å². The fourth-order valence-electron chi connectivity index (χ4n) is 3.82. The van der Waals surface area contributed by atoms with E-state index in [0.29, 0.717) is 48.4 Å². The van der Waals surface area contributed by atoms with E-state index in [9.17, 15) is 13.2 Å². The van der Waals surface area contributed by atoms with Crippen molar-refractivity contribution in [1.29, 1.82) is 0 Å². The molecule has 0 spiro atoms. The predicted octanol–water partition coefficient (Wildman–Crippen LogP) is 3.54. The highest BCUT2D eigenvalue weighted by molar-refractivity contribution is 7.91. The first-order valence-electron chi connectivity index (χ1n) is 11.2. The normalized spacial score (nSPS) is 14.8. The van der Waals surface area contributed by atoms with Crippen molar-refractivity contribution in [3.8, 4) is 11.4 Å². The van der Waals surface area contributed by atoms with Gasteiger partial charge in [0, 0.05) is 26.2 Å². The van der Waals surface area contributed by atoms with Gasteiger partial charge in [-0.25, -0.2) is 8.42 Å². The lowest BCUT2D eigenvalue weighted by Crippen LogP contribution is -2.49. The Balaban J connectivity index is 1.56. The number of allylic oxidation sites excluding steroid dienone is 1. The third-order valence-electron chi connectivity index (χ3n) is 5.63. The lowest BCUT2D eigenvalue weighted by atomic mass is 10.2. The SMILES string of the molecule is C=CCCCCOc1c(N2CCN(S(=O)(=O)c3cccs3)CC2)cnn(-c2ccccc2)c1=O. The summed E-state index contributed by atoms with van der Waals surface area (Å²) in [6, 6.07) is 12.6. The molecule has 0 aliphatic carbocycles. The molecule has 2 aromatic heterocycles.